The normalized spacial score (nSPS) is 21.7. The number of carboxylic acid groups (broad SMARTS) is 1. The third kappa shape index (κ3) is 5.37. The van der Waals surface area contributed by atoms with Crippen LogP contribution in [0.25, 0.3) is 0 Å². The van der Waals surface area contributed by atoms with Crippen molar-refractivity contribution >= 4 is 11.9 Å². The van der Waals surface area contributed by atoms with Gasteiger partial charge in [0.2, 0.25) is 5.91 Å². The molecule has 35 heavy (non-hydrogen) atoms. The third-order valence-electron chi connectivity index (χ3n) is 7.03. The van der Waals surface area contributed by atoms with Crippen LogP contribution in [-0.4, -0.2) is 61.3 Å². The summed E-state index contributed by atoms with van der Waals surface area (Å²) in [6.07, 6.45) is 1.70. The molecule has 0 aromatic heterocycles. The van der Waals surface area contributed by atoms with Crippen molar-refractivity contribution in [3.05, 3.63) is 53.6 Å². The number of carbonyl (C=O) groups excluding carboxylic acids is 1. The summed E-state index contributed by atoms with van der Waals surface area (Å²) < 4.78 is 16.7. The fourth-order valence-electron chi connectivity index (χ4n) is 5.17. The molecule has 188 valence electrons. The predicted molar refractivity (Wildman–Crippen MR) is 131 cm³/mol. The Morgan fingerprint density at radius 2 is 1.71 bits per heavy atom. The lowest BCUT2D eigenvalue weighted by atomic mass is 9.82. The number of carboxylic acids is 1. The van der Waals surface area contributed by atoms with Gasteiger partial charge in [-0.15, -0.1) is 0 Å². The lowest BCUT2D eigenvalue weighted by molar-refractivity contribution is -0.143. The highest BCUT2D eigenvalue weighted by atomic mass is 16.6. The maximum Gasteiger partial charge on any atom is 0.309 e. The molecule has 1 saturated heterocycles. The van der Waals surface area contributed by atoms with Gasteiger partial charge in [-0.3, -0.25) is 14.5 Å². The Bertz CT molecular complexity index is 1040. The average molecular weight is 483 g/mol. The topological polar surface area (TPSA) is 97.3 Å². The Hall–Kier alpha value is -3.26. The van der Waals surface area contributed by atoms with Crippen LogP contribution in [0.15, 0.2) is 42.5 Å². The van der Waals surface area contributed by atoms with E-state index >= 15 is 0 Å². The van der Waals surface area contributed by atoms with E-state index in [1.165, 1.54) is 0 Å². The Morgan fingerprint density at radius 3 is 2.34 bits per heavy atom. The van der Waals surface area contributed by atoms with Crippen molar-refractivity contribution in [3.8, 4) is 17.2 Å². The number of benzene rings is 2. The number of nitrogens with zero attached hydrogens (tertiary/aromatic N) is 1. The molecule has 2 aliphatic rings. The number of hydrogen-bond acceptors (Lipinski definition) is 6. The largest absolute Gasteiger partial charge is 0.497 e. The van der Waals surface area contributed by atoms with Gasteiger partial charge in [0.15, 0.2) is 11.5 Å². The fourth-order valence-corrected chi connectivity index (χ4v) is 5.17. The number of nitrogens with one attached hydrogen (secondary N) is 1. The second kappa shape index (κ2) is 11.0. The zero-order valence-electron chi connectivity index (χ0n) is 20.5. The number of fused-ring (bicyclic) bond motifs is 1. The van der Waals surface area contributed by atoms with Crippen LogP contribution in [0.4, 0.5) is 0 Å². The summed E-state index contributed by atoms with van der Waals surface area (Å²) in [5, 5.41) is 13.5. The summed E-state index contributed by atoms with van der Waals surface area (Å²) in [4.78, 5) is 27.6. The summed E-state index contributed by atoms with van der Waals surface area (Å²) in [7, 11) is 1.59. The van der Waals surface area contributed by atoms with Crippen LogP contribution in [0, 0.1) is 5.92 Å². The van der Waals surface area contributed by atoms with E-state index in [0.717, 1.165) is 24.0 Å². The smallest absolute Gasteiger partial charge is 0.309 e. The van der Waals surface area contributed by atoms with Crippen molar-refractivity contribution in [1.29, 1.82) is 0 Å². The zero-order chi connectivity index (χ0) is 24.9. The van der Waals surface area contributed by atoms with Gasteiger partial charge in [-0.1, -0.05) is 32.0 Å². The minimum absolute atomic E-state index is 0.0934. The molecule has 8 heteroatoms. The molecule has 0 radical (unpaired) electrons. The molecule has 2 aromatic rings. The highest BCUT2D eigenvalue weighted by molar-refractivity contribution is 5.79. The SMILES string of the molecule is CCC(CC)NC(=O)CN1CC(c2ccc3c(c2)OCCO3)C(C(=O)O)C1c1ccc(OC)cc1. The summed E-state index contributed by atoms with van der Waals surface area (Å²) in [5.41, 5.74) is 1.71. The number of carbonyl (C=O) groups is 2. The molecule has 2 aliphatic heterocycles. The molecule has 2 aromatic carbocycles. The number of ether oxygens (including phenoxy) is 3. The van der Waals surface area contributed by atoms with Crippen LogP contribution >= 0.6 is 0 Å². The molecule has 8 nitrogen and oxygen atoms in total. The molecule has 0 bridgehead atoms. The summed E-state index contributed by atoms with van der Waals surface area (Å²) in [5.74, 6) is -0.0668. The van der Waals surface area contributed by atoms with Crippen molar-refractivity contribution in [2.45, 2.75) is 44.7 Å². The summed E-state index contributed by atoms with van der Waals surface area (Å²) in [6.45, 7) is 5.60. The molecule has 0 aliphatic carbocycles. The number of aliphatic carboxylic acids is 1. The first kappa shape index (κ1) is 24.9. The van der Waals surface area contributed by atoms with Crippen molar-refractivity contribution in [2.75, 3.05) is 33.4 Å². The second-order valence-electron chi connectivity index (χ2n) is 9.10. The van der Waals surface area contributed by atoms with Gasteiger partial charge in [0.05, 0.1) is 19.6 Å². The molecule has 4 rings (SSSR count). The Balaban J connectivity index is 1.68. The van der Waals surface area contributed by atoms with Gasteiger partial charge in [0, 0.05) is 24.5 Å². The number of rotatable bonds is 9. The maximum atomic E-state index is 13.0. The van der Waals surface area contributed by atoms with Crippen molar-refractivity contribution in [3.63, 3.8) is 0 Å². The summed E-state index contributed by atoms with van der Waals surface area (Å²) in [6, 6.07) is 12.7. The minimum atomic E-state index is -0.895. The van der Waals surface area contributed by atoms with Crippen LogP contribution in [0.2, 0.25) is 0 Å². The van der Waals surface area contributed by atoms with Crippen LogP contribution in [0.5, 0.6) is 17.2 Å². The Labute approximate surface area is 206 Å². The average Bonchev–Trinajstić information content (AvgIpc) is 3.26. The maximum absolute atomic E-state index is 13.0. The van der Waals surface area contributed by atoms with E-state index in [2.05, 4.69) is 5.32 Å². The van der Waals surface area contributed by atoms with Gasteiger partial charge in [-0.25, -0.2) is 0 Å². The van der Waals surface area contributed by atoms with E-state index < -0.39 is 17.9 Å². The molecule has 2 heterocycles. The molecular weight excluding hydrogens is 448 g/mol. The van der Waals surface area contributed by atoms with Crippen LogP contribution in [0.3, 0.4) is 0 Å². The first-order valence-corrected chi connectivity index (χ1v) is 12.2. The van der Waals surface area contributed by atoms with Gasteiger partial charge in [0.1, 0.15) is 19.0 Å². The zero-order valence-corrected chi connectivity index (χ0v) is 20.5. The molecule has 1 amide bonds. The predicted octanol–water partition coefficient (Wildman–Crippen LogP) is 3.61. The van der Waals surface area contributed by atoms with Gasteiger partial charge >= 0.3 is 5.97 Å². The highest BCUT2D eigenvalue weighted by Crippen LogP contribution is 2.47. The van der Waals surface area contributed by atoms with Gasteiger partial charge < -0.3 is 24.6 Å². The number of amides is 1. The van der Waals surface area contributed by atoms with E-state index in [1.54, 1.807) is 7.11 Å². The highest BCUT2D eigenvalue weighted by Gasteiger charge is 2.48. The molecule has 0 spiro atoms. The van der Waals surface area contributed by atoms with Crippen LogP contribution in [0.1, 0.15) is 49.8 Å². The fraction of sp³-hybridized carbons (Fsp3) is 0.481. The van der Waals surface area contributed by atoms with Crippen molar-refractivity contribution < 1.29 is 28.9 Å². The molecule has 2 N–H and O–H groups in total. The quantitative estimate of drug-likeness (QED) is 0.564. The lowest BCUT2D eigenvalue weighted by Gasteiger charge is -2.27. The van der Waals surface area contributed by atoms with E-state index in [9.17, 15) is 14.7 Å². The lowest BCUT2D eigenvalue weighted by Crippen LogP contribution is -2.42. The second-order valence-corrected chi connectivity index (χ2v) is 9.10. The standard InChI is InChI=1S/C27H34N2O6/c1-4-19(5-2)28-24(30)16-29-15-21(18-8-11-22-23(14-18)35-13-12-34-22)25(27(31)32)26(29)17-6-9-20(33-3)10-7-17/h6-11,14,19,21,25-26H,4-5,12-13,15-16H2,1-3H3,(H,28,30)(H,31,32). The van der Waals surface area contributed by atoms with Gasteiger partial charge in [-0.2, -0.15) is 0 Å². The number of hydrogen-bond donors (Lipinski definition) is 2. The molecular formula is C27H34N2O6. The number of methoxy groups -OCH3 is 1. The minimum Gasteiger partial charge on any atom is -0.497 e. The van der Waals surface area contributed by atoms with E-state index in [4.69, 9.17) is 14.2 Å². The van der Waals surface area contributed by atoms with Crippen molar-refractivity contribution in [2.24, 2.45) is 5.92 Å². The third-order valence-corrected chi connectivity index (χ3v) is 7.03. The van der Waals surface area contributed by atoms with Crippen LogP contribution in [-0.2, 0) is 9.59 Å². The van der Waals surface area contributed by atoms with E-state index in [-0.39, 0.29) is 24.4 Å². The van der Waals surface area contributed by atoms with Crippen LogP contribution < -0.4 is 19.5 Å². The first-order chi connectivity index (χ1) is 16.9. The van der Waals surface area contributed by atoms with Gasteiger partial charge in [-0.05, 0) is 48.2 Å². The molecule has 3 atom stereocenters. The van der Waals surface area contributed by atoms with E-state index in [0.29, 0.717) is 37.0 Å². The monoisotopic (exact) mass is 482 g/mol. The first-order valence-electron chi connectivity index (χ1n) is 12.2. The van der Waals surface area contributed by atoms with E-state index in [1.807, 2.05) is 61.2 Å². The molecule has 0 saturated carbocycles. The number of likely N-dealkylation sites (tertiary alicyclic amines) is 1. The molecule has 1 fully saturated rings. The molecule has 3 unspecified atom stereocenters. The van der Waals surface area contributed by atoms with Gasteiger partial charge in [0.25, 0.3) is 0 Å². The Kier molecular flexibility index (Phi) is 7.80. The summed E-state index contributed by atoms with van der Waals surface area (Å²) >= 11 is 0. The van der Waals surface area contributed by atoms with Crippen molar-refractivity contribution in [1.82, 2.24) is 10.2 Å². The Morgan fingerprint density at radius 1 is 1.06 bits per heavy atom.